The quantitative estimate of drug-likeness (QED) is 0.392. The molecule has 0 radical (unpaired) electrons. The van der Waals surface area contributed by atoms with E-state index in [1.165, 1.54) is 6.26 Å². The van der Waals surface area contributed by atoms with Gasteiger partial charge < -0.3 is 15.4 Å². The Morgan fingerprint density at radius 2 is 2.36 bits per heavy atom. The van der Waals surface area contributed by atoms with Crippen LogP contribution in [0, 0.1) is 17.8 Å². The van der Waals surface area contributed by atoms with Crippen molar-refractivity contribution in [1.29, 1.82) is 0 Å². The van der Waals surface area contributed by atoms with Gasteiger partial charge in [-0.05, 0) is 40.9 Å². The number of hydrogen-bond donors (Lipinski definition) is 3. The first-order chi connectivity index (χ1) is 13.4. The van der Waals surface area contributed by atoms with Gasteiger partial charge >= 0.3 is 0 Å². The number of nitrogens with two attached hydrogens (primary N) is 1. The van der Waals surface area contributed by atoms with Crippen LogP contribution >= 0.6 is 0 Å². The van der Waals surface area contributed by atoms with Gasteiger partial charge in [-0.15, -0.1) is 0 Å². The van der Waals surface area contributed by atoms with Crippen LogP contribution in [0.25, 0.3) is 0 Å². The van der Waals surface area contributed by atoms with E-state index in [0.29, 0.717) is 43.7 Å². The van der Waals surface area contributed by atoms with Gasteiger partial charge in [-0.1, -0.05) is 31.1 Å². The lowest BCUT2D eigenvalue weighted by atomic mass is 9.84. The van der Waals surface area contributed by atoms with Crippen molar-refractivity contribution in [3.8, 4) is 11.8 Å². The predicted molar refractivity (Wildman–Crippen MR) is 110 cm³/mol. The fraction of sp³-hybridized carbons (Fsp3) is 0.600. The fourth-order valence-electron chi connectivity index (χ4n) is 3.70. The van der Waals surface area contributed by atoms with Crippen LogP contribution in [0.4, 0.5) is 4.53 Å². The minimum absolute atomic E-state index is 0.0910. The van der Waals surface area contributed by atoms with Gasteiger partial charge in [-0.3, -0.25) is 4.90 Å². The van der Waals surface area contributed by atoms with E-state index >= 15 is 0 Å². The van der Waals surface area contributed by atoms with Gasteiger partial charge in [0.15, 0.2) is 0 Å². The highest BCUT2D eigenvalue weighted by Crippen LogP contribution is 2.31. The zero-order valence-electron chi connectivity index (χ0n) is 16.5. The summed E-state index contributed by atoms with van der Waals surface area (Å²) < 4.78 is 27.6. The molecule has 156 valence electrons. The van der Waals surface area contributed by atoms with E-state index < -0.39 is 17.5 Å². The molecule has 4 atom stereocenters. The summed E-state index contributed by atoms with van der Waals surface area (Å²) in [5.41, 5.74) is 7.30. The number of allylic oxidation sites excluding steroid dienone is 4. The van der Waals surface area contributed by atoms with Gasteiger partial charge in [0.1, 0.15) is 18.1 Å². The van der Waals surface area contributed by atoms with Crippen LogP contribution in [0.5, 0.6) is 0 Å². The smallest absolute Gasteiger partial charge is 0.136 e. The molecule has 2 rings (SSSR count). The molecule has 1 fully saturated rings. The van der Waals surface area contributed by atoms with E-state index in [9.17, 15) is 14.2 Å². The Labute approximate surface area is 169 Å². The number of halogens is 1. The van der Waals surface area contributed by atoms with E-state index in [-0.39, 0.29) is 18.1 Å². The Balaban J connectivity index is 2.14. The molecule has 1 aliphatic heterocycles. The van der Waals surface area contributed by atoms with Gasteiger partial charge in [0.25, 0.3) is 0 Å². The zero-order chi connectivity index (χ0) is 20.6. The molecular formula is C20H30FN3O3S. The number of nitrogens with zero attached hydrogens (tertiary/aromatic N) is 1. The molecule has 0 aromatic rings. The summed E-state index contributed by atoms with van der Waals surface area (Å²) in [5, 5.41) is 9.32. The molecule has 0 saturated carbocycles. The first-order valence-electron chi connectivity index (χ1n) is 9.48. The molecule has 2 aliphatic rings. The summed E-state index contributed by atoms with van der Waals surface area (Å²) in [6.45, 7) is 3.81. The average molecular weight is 412 g/mol. The largest absolute Gasteiger partial charge is 0.593 e. The van der Waals surface area contributed by atoms with E-state index in [1.807, 2.05) is 13.0 Å². The molecule has 4 N–H and O–H groups in total. The number of likely N-dealkylation sites (tertiary alicyclic amines) is 1. The summed E-state index contributed by atoms with van der Waals surface area (Å²) in [6.07, 6.45) is 9.73. The number of aliphatic hydroxyl groups is 1. The molecule has 0 amide bonds. The maximum absolute atomic E-state index is 13.5. The number of rotatable bonds is 9. The Morgan fingerprint density at radius 3 is 3.00 bits per heavy atom. The molecule has 1 heterocycles. The van der Waals surface area contributed by atoms with Crippen molar-refractivity contribution < 1.29 is 19.1 Å². The SMILES string of the molecule is CC[C@@]1(N)CN(CC(OF)/C2=C/C=C(/N[S+](C)[O-])C#CCC=C2)C[C@H]1CCO. The van der Waals surface area contributed by atoms with Crippen molar-refractivity contribution in [3.63, 3.8) is 0 Å². The van der Waals surface area contributed by atoms with Crippen LogP contribution < -0.4 is 10.5 Å². The minimum atomic E-state index is -1.24. The summed E-state index contributed by atoms with van der Waals surface area (Å²) in [7, 11) is 0. The highest BCUT2D eigenvalue weighted by molar-refractivity contribution is 7.88. The van der Waals surface area contributed by atoms with Crippen LogP contribution in [-0.4, -0.2) is 58.7 Å². The van der Waals surface area contributed by atoms with E-state index in [1.54, 1.807) is 18.2 Å². The van der Waals surface area contributed by atoms with Crippen LogP contribution in [0.1, 0.15) is 26.2 Å². The van der Waals surface area contributed by atoms with E-state index in [4.69, 9.17) is 5.73 Å². The molecule has 1 aliphatic carbocycles. The van der Waals surface area contributed by atoms with Crippen molar-refractivity contribution >= 4 is 11.4 Å². The second kappa shape index (κ2) is 11.0. The Bertz CT molecular complexity index is 671. The zero-order valence-corrected chi connectivity index (χ0v) is 17.3. The van der Waals surface area contributed by atoms with E-state index in [2.05, 4.69) is 26.4 Å². The summed E-state index contributed by atoms with van der Waals surface area (Å²) in [4.78, 5) is 6.39. The maximum atomic E-state index is 13.5. The van der Waals surface area contributed by atoms with Crippen LogP contribution in [0.15, 0.2) is 35.6 Å². The van der Waals surface area contributed by atoms with Crippen molar-refractivity contribution in [2.75, 3.05) is 32.5 Å². The van der Waals surface area contributed by atoms with Gasteiger partial charge in [-0.25, -0.2) is 4.72 Å². The van der Waals surface area contributed by atoms with Crippen molar-refractivity contribution in [1.82, 2.24) is 9.62 Å². The lowest BCUT2D eigenvalue weighted by molar-refractivity contribution is -0.169. The van der Waals surface area contributed by atoms with Crippen LogP contribution in [0.2, 0.25) is 0 Å². The molecule has 0 aromatic heterocycles. The van der Waals surface area contributed by atoms with Crippen molar-refractivity contribution in [2.45, 2.75) is 37.8 Å². The highest BCUT2D eigenvalue weighted by atomic mass is 32.2. The Hall–Kier alpha value is -1.34. The minimum Gasteiger partial charge on any atom is -0.593 e. The first kappa shape index (κ1) is 22.9. The number of nitrogens with one attached hydrogen (secondary N) is 1. The van der Waals surface area contributed by atoms with Crippen molar-refractivity contribution in [2.24, 2.45) is 11.7 Å². The monoisotopic (exact) mass is 411 g/mol. The van der Waals surface area contributed by atoms with Gasteiger partial charge in [0.2, 0.25) is 0 Å². The Kier molecular flexibility index (Phi) is 9.02. The molecule has 0 spiro atoms. The fourth-order valence-corrected chi connectivity index (χ4v) is 4.13. The summed E-state index contributed by atoms with van der Waals surface area (Å²) in [5.74, 6) is 6.02. The third-order valence-corrected chi connectivity index (χ3v) is 5.81. The second-order valence-corrected chi connectivity index (χ2v) is 8.39. The van der Waals surface area contributed by atoms with Crippen LogP contribution in [0.3, 0.4) is 0 Å². The molecule has 8 heteroatoms. The topological polar surface area (TPSA) is 93.8 Å². The molecular weight excluding hydrogens is 381 g/mol. The van der Waals surface area contributed by atoms with Gasteiger partial charge in [0, 0.05) is 38.2 Å². The van der Waals surface area contributed by atoms with E-state index in [0.717, 1.165) is 6.42 Å². The predicted octanol–water partition coefficient (Wildman–Crippen LogP) is 1.33. The molecule has 1 saturated heterocycles. The lowest BCUT2D eigenvalue weighted by Gasteiger charge is -2.29. The van der Waals surface area contributed by atoms with Gasteiger partial charge in [-0.2, -0.15) is 4.94 Å². The standard InChI is InChI=1S/C20H30FN3O3S/c1-3-20(22)15-24(13-17(20)11-12-25)14-19(27-21)16-7-5-4-6-8-18(10-9-16)23-28(2)26/h5,7,9-10,17,19,23,25H,3-4,11-15,22H2,1-2H3/b7-5?,16-9+,18-10+/t17-,19?,20-,28?/m1/s1. The third kappa shape index (κ3) is 6.34. The molecule has 6 nitrogen and oxygen atoms in total. The summed E-state index contributed by atoms with van der Waals surface area (Å²) in [6, 6.07) is 0. The average Bonchev–Trinajstić information content (AvgIpc) is 3.02. The van der Waals surface area contributed by atoms with Gasteiger partial charge in [0.05, 0.1) is 11.4 Å². The van der Waals surface area contributed by atoms with Crippen LogP contribution in [-0.2, 0) is 16.3 Å². The summed E-state index contributed by atoms with van der Waals surface area (Å²) >= 11 is -1.24. The molecule has 2 unspecified atom stereocenters. The number of aliphatic hydroxyl groups excluding tert-OH is 1. The molecule has 0 aromatic carbocycles. The Morgan fingerprint density at radius 1 is 1.57 bits per heavy atom. The highest BCUT2D eigenvalue weighted by Gasteiger charge is 2.42. The second-order valence-electron chi connectivity index (χ2n) is 7.28. The maximum Gasteiger partial charge on any atom is 0.136 e. The lowest BCUT2D eigenvalue weighted by Crippen LogP contribution is -2.47. The normalized spacial score (nSPS) is 31.3. The van der Waals surface area contributed by atoms with Crippen molar-refractivity contribution in [3.05, 3.63) is 35.6 Å². The molecule has 28 heavy (non-hydrogen) atoms. The molecule has 0 bridgehead atoms. The first-order valence-corrected chi connectivity index (χ1v) is 11.0. The third-order valence-electron chi connectivity index (χ3n) is 5.30. The number of hydrogen-bond acceptors (Lipinski definition) is 6.